The summed E-state index contributed by atoms with van der Waals surface area (Å²) in [6, 6.07) is 10.5. The maximum atomic E-state index is 9.47. The molecule has 7 heteroatoms. The largest absolute Gasteiger partial charge is 0.378 e. The molecule has 3 heterocycles. The van der Waals surface area contributed by atoms with Crippen molar-refractivity contribution in [2.24, 2.45) is 7.05 Å². The second-order valence-electron chi connectivity index (χ2n) is 7.76. The number of ether oxygens (including phenoxy) is 1. The third-order valence-corrected chi connectivity index (χ3v) is 7.06. The van der Waals surface area contributed by atoms with E-state index in [4.69, 9.17) is 4.74 Å². The quantitative estimate of drug-likeness (QED) is 0.647. The van der Waals surface area contributed by atoms with Gasteiger partial charge in [-0.3, -0.25) is 9.58 Å². The molecule has 0 radical (unpaired) electrons. The molecular formula is C22H23N5OS. The summed E-state index contributed by atoms with van der Waals surface area (Å²) in [6.45, 7) is 3.42. The number of benzene rings is 1. The molecule has 2 aromatic heterocycles. The van der Waals surface area contributed by atoms with Crippen molar-refractivity contribution in [1.82, 2.24) is 19.7 Å². The van der Waals surface area contributed by atoms with Gasteiger partial charge >= 0.3 is 0 Å². The van der Waals surface area contributed by atoms with Crippen LogP contribution in [0.15, 0.2) is 36.7 Å². The maximum absolute atomic E-state index is 9.47. The molecular weight excluding hydrogens is 382 g/mol. The summed E-state index contributed by atoms with van der Waals surface area (Å²) in [6.07, 6.45) is 6.47. The highest BCUT2D eigenvalue weighted by molar-refractivity contribution is 8.00. The van der Waals surface area contributed by atoms with Crippen LogP contribution in [0.3, 0.4) is 0 Å². The van der Waals surface area contributed by atoms with Crippen LogP contribution in [0.1, 0.15) is 24.1 Å². The number of hydrogen-bond donors (Lipinski definition) is 0. The number of pyridine rings is 1. The normalized spacial score (nSPS) is 20.1. The molecule has 5 rings (SSSR count). The molecule has 1 aliphatic carbocycles. The summed E-state index contributed by atoms with van der Waals surface area (Å²) >= 11 is 2.06. The highest BCUT2D eigenvalue weighted by Crippen LogP contribution is 2.39. The second kappa shape index (κ2) is 7.79. The van der Waals surface area contributed by atoms with Crippen molar-refractivity contribution < 1.29 is 4.74 Å². The molecule has 0 amide bonds. The van der Waals surface area contributed by atoms with E-state index in [2.05, 4.69) is 51.0 Å². The first-order valence-electron chi connectivity index (χ1n) is 9.99. The Hall–Kier alpha value is -2.40. The van der Waals surface area contributed by atoms with Gasteiger partial charge in [-0.1, -0.05) is 12.1 Å². The van der Waals surface area contributed by atoms with E-state index in [0.29, 0.717) is 11.1 Å². The minimum atomic E-state index is 0.427. The van der Waals surface area contributed by atoms with Crippen molar-refractivity contribution in [3.8, 4) is 17.2 Å². The predicted octanol–water partition coefficient (Wildman–Crippen LogP) is 3.56. The van der Waals surface area contributed by atoms with Crippen LogP contribution < -0.4 is 0 Å². The van der Waals surface area contributed by atoms with E-state index in [0.717, 1.165) is 53.6 Å². The fraction of sp³-hybridized carbons (Fsp3) is 0.409. The Morgan fingerprint density at radius 2 is 2.21 bits per heavy atom. The van der Waals surface area contributed by atoms with Crippen LogP contribution in [0, 0.1) is 11.3 Å². The first-order valence-corrected chi connectivity index (χ1v) is 10.9. The van der Waals surface area contributed by atoms with E-state index in [1.54, 1.807) is 4.68 Å². The minimum absolute atomic E-state index is 0.427. The highest BCUT2D eigenvalue weighted by atomic mass is 32.2. The Morgan fingerprint density at radius 1 is 1.31 bits per heavy atom. The van der Waals surface area contributed by atoms with Crippen molar-refractivity contribution >= 4 is 22.7 Å². The second-order valence-corrected chi connectivity index (χ2v) is 9.24. The molecule has 1 aliphatic heterocycles. The molecule has 1 saturated heterocycles. The topological polar surface area (TPSA) is 67.0 Å². The standard InChI is InChI=1S/C22H23N5OS/c1-26-13-16(11-24-26)20-9-17(10-23)25-21-8-15(2-5-19(20)21)12-27-6-7-28-14-22(27)29-18-3-4-18/h2,5,8-9,11,13,18,22H,3-4,6-7,12,14H2,1H3. The van der Waals surface area contributed by atoms with Gasteiger partial charge in [0.25, 0.3) is 0 Å². The molecule has 2 fully saturated rings. The fourth-order valence-electron chi connectivity index (χ4n) is 3.81. The minimum Gasteiger partial charge on any atom is -0.378 e. The van der Waals surface area contributed by atoms with E-state index < -0.39 is 0 Å². The number of thioether (sulfide) groups is 1. The van der Waals surface area contributed by atoms with Gasteiger partial charge < -0.3 is 4.74 Å². The summed E-state index contributed by atoms with van der Waals surface area (Å²) in [4.78, 5) is 7.10. The fourth-order valence-corrected chi connectivity index (χ4v) is 5.19. The summed E-state index contributed by atoms with van der Waals surface area (Å²) < 4.78 is 7.50. The average Bonchev–Trinajstić information content (AvgIpc) is 3.45. The van der Waals surface area contributed by atoms with Crippen LogP contribution in [0.25, 0.3) is 22.0 Å². The summed E-state index contributed by atoms with van der Waals surface area (Å²) in [5.74, 6) is 0. The number of morpholine rings is 1. The molecule has 0 spiro atoms. The van der Waals surface area contributed by atoms with E-state index >= 15 is 0 Å². The van der Waals surface area contributed by atoms with Gasteiger partial charge in [-0.2, -0.15) is 10.4 Å². The molecule has 0 bridgehead atoms. The Morgan fingerprint density at radius 3 is 2.97 bits per heavy atom. The van der Waals surface area contributed by atoms with Crippen molar-refractivity contribution in [3.63, 3.8) is 0 Å². The van der Waals surface area contributed by atoms with Crippen LogP contribution >= 0.6 is 11.8 Å². The lowest BCUT2D eigenvalue weighted by molar-refractivity contribution is 0.0210. The van der Waals surface area contributed by atoms with Crippen LogP contribution in [-0.2, 0) is 18.3 Å². The lowest BCUT2D eigenvalue weighted by atomic mass is 10.0. The van der Waals surface area contributed by atoms with E-state index in [9.17, 15) is 5.26 Å². The molecule has 148 valence electrons. The number of aromatic nitrogens is 3. The zero-order valence-corrected chi connectivity index (χ0v) is 17.2. The first-order chi connectivity index (χ1) is 14.2. The Balaban J connectivity index is 1.47. The Bertz CT molecular complexity index is 1080. The van der Waals surface area contributed by atoms with E-state index in [-0.39, 0.29) is 0 Å². The number of hydrogen-bond acceptors (Lipinski definition) is 6. The maximum Gasteiger partial charge on any atom is 0.141 e. The lowest BCUT2D eigenvalue weighted by Crippen LogP contribution is -2.43. The van der Waals surface area contributed by atoms with Gasteiger partial charge in [-0.05, 0) is 36.1 Å². The number of rotatable bonds is 5. The molecule has 1 unspecified atom stereocenters. The molecule has 1 aromatic carbocycles. The monoisotopic (exact) mass is 405 g/mol. The third-order valence-electron chi connectivity index (χ3n) is 5.45. The summed E-state index contributed by atoms with van der Waals surface area (Å²) in [5, 5.41) is 16.0. The molecule has 2 aliphatic rings. The zero-order valence-electron chi connectivity index (χ0n) is 16.4. The highest BCUT2D eigenvalue weighted by Gasteiger charge is 2.31. The van der Waals surface area contributed by atoms with Crippen LogP contribution in [-0.4, -0.2) is 50.0 Å². The molecule has 1 saturated carbocycles. The number of aryl methyl sites for hydroxylation is 1. The van der Waals surface area contributed by atoms with Crippen molar-refractivity contribution in [3.05, 3.63) is 47.9 Å². The molecule has 29 heavy (non-hydrogen) atoms. The average molecular weight is 406 g/mol. The molecule has 0 N–H and O–H groups in total. The van der Waals surface area contributed by atoms with Gasteiger partial charge in [0, 0.05) is 42.5 Å². The number of fused-ring (bicyclic) bond motifs is 1. The van der Waals surface area contributed by atoms with E-state index in [1.165, 1.54) is 18.4 Å². The van der Waals surface area contributed by atoms with Gasteiger partial charge in [0.05, 0.1) is 30.3 Å². The lowest BCUT2D eigenvalue weighted by Gasteiger charge is -2.35. The van der Waals surface area contributed by atoms with Crippen molar-refractivity contribution in [2.75, 3.05) is 19.8 Å². The molecule has 6 nitrogen and oxygen atoms in total. The summed E-state index contributed by atoms with van der Waals surface area (Å²) in [5.41, 5.74) is 4.51. The zero-order chi connectivity index (χ0) is 19.8. The first kappa shape index (κ1) is 18.6. The van der Waals surface area contributed by atoms with Crippen LogP contribution in [0.5, 0.6) is 0 Å². The third kappa shape index (κ3) is 4.01. The Kier molecular flexibility index (Phi) is 5.00. The van der Waals surface area contributed by atoms with Crippen LogP contribution in [0.2, 0.25) is 0 Å². The molecule has 1 atom stereocenters. The van der Waals surface area contributed by atoms with Gasteiger partial charge in [0.2, 0.25) is 0 Å². The number of nitrogens with zero attached hydrogens (tertiary/aromatic N) is 5. The van der Waals surface area contributed by atoms with Crippen LogP contribution in [0.4, 0.5) is 0 Å². The number of nitriles is 1. The van der Waals surface area contributed by atoms with Crippen molar-refractivity contribution in [1.29, 1.82) is 5.26 Å². The summed E-state index contributed by atoms with van der Waals surface area (Å²) in [7, 11) is 1.90. The Labute approximate surface area is 174 Å². The molecule has 3 aromatic rings. The van der Waals surface area contributed by atoms with E-state index in [1.807, 2.05) is 25.5 Å². The van der Waals surface area contributed by atoms with Crippen molar-refractivity contribution in [2.45, 2.75) is 30.0 Å². The van der Waals surface area contributed by atoms with Gasteiger partial charge in [0.1, 0.15) is 11.8 Å². The smallest absolute Gasteiger partial charge is 0.141 e. The predicted molar refractivity (Wildman–Crippen MR) is 114 cm³/mol. The SMILES string of the molecule is Cn1cc(-c2cc(C#N)nc3cc(CN4CCOCC4SC4CC4)ccc23)cn1. The van der Waals surface area contributed by atoms with Gasteiger partial charge in [-0.15, -0.1) is 11.8 Å². The van der Waals surface area contributed by atoms with Gasteiger partial charge in [0.15, 0.2) is 0 Å². The van der Waals surface area contributed by atoms with Gasteiger partial charge in [-0.25, -0.2) is 4.98 Å².